The van der Waals surface area contributed by atoms with Crippen LogP contribution in [0.4, 0.5) is 23.2 Å². The maximum Gasteiger partial charge on any atom is 0.261 e. The smallest absolute Gasteiger partial charge is 0.261 e. The van der Waals surface area contributed by atoms with E-state index in [9.17, 15) is 22.4 Å². The van der Waals surface area contributed by atoms with Gasteiger partial charge < -0.3 is 14.5 Å². The fourth-order valence-corrected chi connectivity index (χ4v) is 3.22. The zero-order chi connectivity index (χ0) is 23.2. The molecular formula is C22H13ClF4N2O3. The lowest BCUT2D eigenvalue weighted by Crippen LogP contribution is -2.18. The predicted octanol–water partition coefficient (Wildman–Crippen LogP) is 6.27. The Bertz CT molecular complexity index is 1360. The molecule has 1 aromatic heterocycles. The number of aromatic nitrogens is 1. The normalized spacial score (nSPS) is 11.1. The Morgan fingerprint density at radius 3 is 2.34 bits per heavy atom. The highest BCUT2D eigenvalue weighted by Crippen LogP contribution is 2.31. The number of ether oxygens (including phenoxy) is 1. The lowest BCUT2D eigenvalue weighted by Gasteiger charge is -2.11. The van der Waals surface area contributed by atoms with Crippen molar-refractivity contribution in [3.8, 4) is 17.2 Å². The molecule has 0 saturated heterocycles. The molecule has 0 unspecified atom stereocenters. The number of rotatable bonds is 4. The van der Waals surface area contributed by atoms with Gasteiger partial charge in [-0.1, -0.05) is 17.7 Å². The van der Waals surface area contributed by atoms with E-state index >= 15 is 0 Å². The van der Waals surface area contributed by atoms with Gasteiger partial charge >= 0.3 is 0 Å². The highest BCUT2D eigenvalue weighted by atomic mass is 35.5. The van der Waals surface area contributed by atoms with Gasteiger partial charge in [0.15, 0.2) is 23.0 Å². The third-order valence-corrected chi connectivity index (χ3v) is 5.13. The first-order valence-electron chi connectivity index (χ1n) is 9.09. The van der Waals surface area contributed by atoms with Crippen LogP contribution in [0, 0.1) is 30.2 Å². The molecule has 0 spiro atoms. The second kappa shape index (κ2) is 8.16. The number of carbonyl (C=O) groups excluding carboxylic acids is 1. The molecule has 0 aliphatic heterocycles. The Morgan fingerprint density at radius 2 is 1.72 bits per heavy atom. The Labute approximate surface area is 183 Å². The van der Waals surface area contributed by atoms with Crippen molar-refractivity contribution >= 4 is 34.3 Å². The molecule has 10 heteroatoms. The third-order valence-electron chi connectivity index (χ3n) is 4.72. The molecule has 32 heavy (non-hydrogen) atoms. The maximum absolute atomic E-state index is 14.2. The van der Waals surface area contributed by atoms with Gasteiger partial charge in [0.25, 0.3) is 5.91 Å². The van der Waals surface area contributed by atoms with E-state index in [1.807, 2.05) is 6.92 Å². The summed E-state index contributed by atoms with van der Waals surface area (Å²) in [6, 6.07) is 9.48. The summed E-state index contributed by atoms with van der Waals surface area (Å²) in [6.07, 6.45) is 0. The first-order valence-corrected chi connectivity index (χ1v) is 9.47. The summed E-state index contributed by atoms with van der Waals surface area (Å²) < 4.78 is 66.2. The standard InChI is InChI=1S/C22H13ClF4N2O3/c1-9-3-4-10(7-12(9)23)22-29-13-8-11(5-6-14(13)32-22)28-21(30)15-16(24)18(26)20(31-2)19(27)17(15)25/h3-8H,1-2H3,(H,28,30). The van der Waals surface area contributed by atoms with E-state index in [1.54, 1.807) is 18.2 Å². The van der Waals surface area contributed by atoms with Crippen LogP contribution < -0.4 is 10.1 Å². The summed E-state index contributed by atoms with van der Waals surface area (Å²) in [7, 11) is 0.839. The van der Waals surface area contributed by atoms with Crippen molar-refractivity contribution < 1.29 is 31.5 Å². The molecule has 0 aliphatic rings. The molecule has 1 heterocycles. The number of hydrogen-bond acceptors (Lipinski definition) is 4. The number of benzene rings is 3. The van der Waals surface area contributed by atoms with Crippen LogP contribution in [0.5, 0.6) is 5.75 Å². The van der Waals surface area contributed by atoms with Crippen LogP contribution in [0.2, 0.25) is 5.02 Å². The quantitative estimate of drug-likeness (QED) is 0.285. The number of carbonyl (C=O) groups is 1. The maximum atomic E-state index is 14.2. The van der Waals surface area contributed by atoms with Crippen molar-refractivity contribution in [3.63, 3.8) is 0 Å². The second-order valence-corrected chi connectivity index (χ2v) is 7.19. The van der Waals surface area contributed by atoms with Gasteiger partial charge in [0.05, 0.1) is 7.11 Å². The molecule has 0 fully saturated rings. The predicted molar refractivity (Wildman–Crippen MR) is 110 cm³/mol. The summed E-state index contributed by atoms with van der Waals surface area (Å²) in [4.78, 5) is 16.7. The monoisotopic (exact) mass is 464 g/mol. The Kier molecular flexibility index (Phi) is 5.52. The second-order valence-electron chi connectivity index (χ2n) is 6.78. The number of amides is 1. The van der Waals surface area contributed by atoms with Gasteiger partial charge in [-0.05, 0) is 42.8 Å². The first kappa shape index (κ1) is 21.6. The number of nitrogens with zero attached hydrogens (tertiary/aromatic N) is 1. The van der Waals surface area contributed by atoms with Gasteiger partial charge in [0.1, 0.15) is 11.1 Å². The zero-order valence-corrected chi connectivity index (χ0v) is 17.3. The van der Waals surface area contributed by atoms with E-state index in [4.69, 9.17) is 16.0 Å². The zero-order valence-electron chi connectivity index (χ0n) is 16.5. The Morgan fingerprint density at radius 1 is 1.03 bits per heavy atom. The average Bonchev–Trinajstić information content (AvgIpc) is 3.18. The van der Waals surface area contributed by atoms with Crippen molar-refractivity contribution in [2.75, 3.05) is 12.4 Å². The number of fused-ring (bicyclic) bond motifs is 1. The topological polar surface area (TPSA) is 64.4 Å². The van der Waals surface area contributed by atoms with Gasteiger partial charge in [-0.3, -0.25) is 4.79 Å². The molecule has 0 aliphatic carbocycles. The van der Waals surface area contributed by atoms with Crippen LogP contribution in [-0.2, 0) is 0 Å². The molecule has 4 rings (SSSR count). The molecule has 0 atom stereocenters. The van der Waals surface area contributed by atoms with Crippen molar-refractivity contribution in [2.24, 2.45) is 0 Å². The number of anilines is 1. The van der Waals surface area contributed by atoms with E-state index < -0.39 is 40.5 Å². The molecule has 5 nitrogen and oxygen atoms in total. The number of hydrogen-bond donors (Lipinski definition) is 1. The van der Waals surface area contributed by atoms with Gasteiger partial charge in [0.2, 0.25) is 17.5 Å². The Hall–Kier alpha value is -3.59. The van der Waals surface area contributed by atoms with Crippen LogP contribution >= 0.6 is 11.6 Å². The lowest BCUT2D eigenvalue weighted by molar-refractivity contribution is 0.101. The van der Waals surface area contributed by atoms with Gasteiger partial charge in [-0.2, -0.15) is 8.78 Å². The van der Waals surface area contributed by atoms with Gasteiger partial charge in [-0.15, -0.1) is 0 Å². The van der Waals surface area contributed by atoms with Gasteiger partial charge in [-0.25, -0.2) is 13.8 Å². The van der Waals surface area contributed by atoms with Crippen molar-refractivity contribution in [1.82, 2.24) is 4.98 Å². The highest BCUT2D eigenvalue weighted by molar-refractivity contribution is 6.31. The minimum atomic E-state index is -1.88. The lowest BCUT2D eigenvalue weighted by atomic mass is 10.1. The molecule has 0 bridgehead atoms. The summed E-state index contributed by atoms with van der Waals surface area (Å²) in [5, 5.41) is 2.72. The van der Waals surface area contributed by atoms with Crippen molar-refractivity contribution in [2.45, 2.75) is 6.92 Å². The van der Waals surface area contributed by atoms with E-state index in [1.165, 1.54) is 18.2 Å². The van der Waals surface area contributed by atoms with Gasteiger partial charge in [0, 0.05) is 16.3 Å². The summed E-state index contributed by atoms with van der Waals surface area (Å²) in [5.41, 5.74) is 0.838. The molecule has 4 aromatic rings. The van der Waals surface area contributed by atoms with Crippen LogP contribution in [0.15, 0.2) is 40.8 Å². The third kappa shape index (κ3) is 3.64. The van der Waals surface area contributed by atoms with Crippen LogP contribution in [0.3, 0.4) is 0 Å². The number of halogens is 5. The van der Waals surface area contributed by atoms with E-state index in [0.717, 1.165) is 12.7 Å². The molecule has 164 valence electrons. The highest BCUT2D eigenvalue weighted by Gasteiger charge is 2.30. The van der Waals surface area contributed by atoms with Crippen molar-refractivity contribution in [3.05, 3.63) is 75.8 Å². The van der Waals surface area contributed by atoms with E-state index in [0.29, 0.717) is 21.7 Å². The van der Waals surface area contributed by atoms with E-state index in [2.05, 4.69) is 15.0 Å². The Balaban J connectivity index is 1.67. The van der Waals surface area contributed by atoms with E-state index in [-0.39, 0.29) is 11.6 Å². The number of methoxy groups -OCH3 is 1. The number of oxazole rings is 1. The minimum absolute atomic E-state index is 0.0692. The fraction of sp³-hybridized carbons (Fsp3) is 0.0909. The van der Waals surface area contributed by atoms with Crippen LogP contribution in [0.25, 0.3) is 22.6 Å². The average molecular weight is 465 g/mol. The fourth-order valence-electron chi connectivity index (χ4n) is 3.04. The van der Waals surface area contributed by atoms with Crippen LogP contribution in [0.1, 0.15) is 15.9 Å². The number of aryl methyl sites for hydroxylation is 1. The minimum Gasteiger partial charge on any atom is -0.491 e. The SMILES string of the molecule is COc1c(F)c(F)c(C(=O)Nc2ccc3oc(-c4ccc(C)c(Cl)c4)nc3c2)c(F)c1F. The molecule has 1 amide bonds. The summed E-state index contributed by atoms with van der Waals surface area (Å²) in [6.45, 7) is 1.85. The first-order chi connectivity index (χ1) is 15.2. The molecular weight excluding hydrogens is 452 g/mol. The largest absolute Gasteiger partial charge is 0.491 e. The molecule has 0 saturated carbocycles. The van der Waals surface area contributed by atoms with Crippen molar-refractivity contribution in [1.29, 1.82) is 0 Å². The molecule has 0 radical (unpaired) electrons. The summed E-state index contributed by atoms with van der Waals surface area (Å²) >= 11 is 6.13. The molecule has 3 aromatic carbocycles. The number of nitrogens with one attached hydrogen (secondary N) is 1. The summed E-state index contributed by atoms with van der Waals surface area (Å²) in [5.74, 6) is -9.77. The molecule has 1 N–H and O–H groups in total. The van der Waals surface area contributed by atoms with Crippen LogP contribution in [-0.4, -0.2) is 18.0 Å².